The molecule has 0 bridgehead atoms. The van der Waals surface area contributed by atoms with Crippen LogP contribution in [0, 0.1) is 0 Å². The van der Waals surface area contributed by atoms with Crippen molar-refractivity contribution in [2.45, 2.75) is 4.58 Å². The van der Waals surface area contributed by atoms with Crippen LogP contribution >= 0.6 is 23.5 Å². The Kier molecular flexibility index (Phi) is 4.47. The molecule has 1 saturated heterocycles. The average molecular weight is 304 g/mol. The van der Waals surface area contributed by atoms with E-state index in [4.69, 9.17) is 0 Å². The van der Waals surface area contributed by atoms with Gasteiger partial charge in [0.25, 0.3) is 0 Å². The number of rotatable bonds is 4. The van der Waals surface area contributed by atoms with Crippen LogP contribution in [0.5, 0.6) is 0 Å². The van der Waals surface area contributed by atoms with E-state index in [-0.39, 0.29) is 0 Å². The third-order valence-corrected chi connectivity index (χ3v) is 7.07. The zero-order chi connectivity index (χ0) is 13.2. The largest absolute Gasteiger partial charge is 0.301 e. The molecule has 1 aromatic carbocycles. The fourth-order valence-corrected chi connectivity index (χ4v) is 4.99. The van der Waals surface area contributed by atoms with Gasteiger partial charge in [0.2, 0.25) is 0 Å². The van der Waals surface area contributed by atoms with E-state index < -0.39 is 10.2 Å². The van der Waals surface area contributed by atoms with Gasteiger partial charge >= 0.3 is 10.2 Å². The lowest BCUT2D eigenvalue weighted by Gasteiger charge is -2.15. The van der Waals surface area contributed by atoms with Gasteiger partial charge in [-0.2, -0.15) is 12.7 Å². The second-order valence-corrected chi connectivity index (χ2v) is 8.70. The molecule has 1 aromatic rings. The Balaban J connectivity index is 2.17. The molecule has 1 fully saturated rings. The molecule has 0 unspecified atom stereocenters. The lowest BCUT2D eigenvalue weighted by atomic mass is 10.2. The van der Waals surface area contributed by atoms with Crippen molar-refractivity contribution in [2.24, 2.45) is 0 Å². The average Bonchev–Trinajstić information content (AvgIpc) is 2.82. The quantitative estimate of drug-likeness (QED) is 0.928. The first-order chi connectivity index (χ1) is 8.49. The maximum atomic E-state index is 11.7. The van der Waals surface area contributed by atoms with Crippen LogP contribution in [-0.2, 0) is 10.2 Å². The SMILES string of the molecule is CN(C)S(=O)(=O)Nc1cccc(C2SCCS2)c1. The van der Waals surface area contributed by atoms with E-state index in [9.17, 15) is 8.42 Å². The van der Waals surface area contributed by atoms with Crippen LogP contribution in [0.2, 0.25) is 0 Å². The van der Waals surface area contributed by atoms with Crippen molar-refractivity contribution < 1.29 is 8.42 Å². The molecular weight excluding hydrogens is 288 g/mol. The minimum atomic E-state index is -3.42. The van der Waals surface area contributed by atoms with Crippen molar-refractivity contribution in [3.63, 3.8) is 0 Å². The molecule has 2 rings (SSSR count). The molecule has 0 atom stereocenters. The smallest absolute Gasteiger partial charge is 0.271 e. The standard InChI is InChI=1S/C11H16N2O2S3/c1-13(2)18(14,15)12-10-5-3-4-9(8-10)11-16-6-7-17-11/h3-5,8,11-12H,6-7H2,1-2H3. The number of benzene rings is 1. The van der Waals surface area contributed by atoms with Gasteiger partial charge < -0.3 is 0 Å². The molecule has 0 aliphatic carbocycles. The summed E-state index contributed by atoms with van der Waals surface area (Å²) in [6, 6.07) is 7.62. The lowest BCUT2D eigenvalue weighted by Crippen LogP contribution is -2.28. The fraction of sp³-hybridized carbons (Fsp3) is 0.455. The van der Waals surface area contributed by atoms with Gasteiger partial charge in [-0.25, -0.2) is 0 Å². The van der Waals surface area contributed by atoms with Crippen molar-refractivity contribution in [1.82, 2.24) is 4.31 Å². The van der Waals surface area contributed by atoms with Gasteiger partial charge in [0.05, 0.1) is 10.3 Å². The molecule has 0 amide bonds. The summed E-state index contributed by atoms with van der Waals surface area (Å²) in [5, 5.41) is 0. The first kappa shape index (κ1) is 14.0. The summed E-state index contributed by atoms with van der Waals surface area (Å²) < 4.78 is 27.6. The van der Waals surface area contributed by atoms with Crippen LogP contribution in [0.15, 0.2) is 24.3 Å². The van der Waals surface area contributed by atoms with E-state index in [1.807, 2.05) is 41.7 Å². The highest BCUT2D eigenvalue weighted by atomic mass is 32.2. The third kappa shape index (κ3) is 3.34. The maximum Gasteiger partial charge on any atom is 0.301 e. The van der Waals surface area contributed by atoms with Gasteiger partial charge in [-0.3, -0.25) is 4.72 Å². The highest BCUT2D eigenvalue weighted by molar-refractivity contribution is 8.19. The monoisotopic (exact) mass is 304 g/mol. The van der Waals surface area contributed by atoms with Gasteiger partial charge in [0, 0.05) is 25.6 Å². The summed E-state index contributed by atoms with van der Waals surface area (Å²) in [4.78, 5) is 0. The molecule has 0 spiro atoms. The van der Waals surface area contributed by atoms with Crippen molar-refractivity contribution in [2.75, 3.05) is 30.3 Å². The molecule has 18 heavy (non-hydrogen) atoms. The van der Waals surface area contributed by atoms with Crippen molar-refractivity contribution >= 4 is 39.4 Å². The van der Waals surface area contributed by atoms with E-state index in [2.05, 4.69) is 4.72 Å². The summed E-state index contributed by atoms with van der Waals surface area (Å²) in [5.41, 5.74) is 1.79. The van der Waals surface area contributed by atoms with Crippen LogP contribution in [-0.4, -0.2) is 38.3 Å². The molecule has 1 aliphatic rings. The first-order valence-corrected chi connectivity index (χ1v) is 9.06. The predicted molar refractivity (Wildman–Crippen MR) is 80.3 cm³/mol. The second kappa shape index (κ2) is 5.73. The number of hydrogen-bond acceptors (Lipinski definition) is 4. The molecule has 1 heterocycles. The van der Waals surface area contributed by atoms with Crippen molar-refractivity contribution in [3.05, 3.63) is 29.8 Å². The van der Waals surface area contributed by atoms with E-state index in [0.717, 1.165) is 11.5 Å². The van der Waals surface area contributed by atoms with Gasteiger partial charge in [-0.05, 0) is 17.7 Å². The number of nitrogens with one attached hydrogen (secondary N) is 1. The molecule has 100 valence electrons. The van der Waals surface area contributed by atoms with Crippen LogP contribution in [0.25, 0.3) is 0 Å². The molecule has 1 N–H and O–H groups in total. The molecule has 0 saturated carbocycles. The lowest BCUT2D eigenvalue weighted by molar-refractivity contribution is 0.527. The van der Waals surface area contributed by atoms with Crippen LogP contribution in [0.4, 0.5) is 5.69 Å². The normalized spacial score (nSPS) is 17.3. The van der Waals surface area contributed by atoms with Gasteiger partial charge in [0.1, 0.15) is 0 Å². The zero-order valence-electron chi connectivity index (χ0n) is 10.3. The zero-order valence-corrected chi connectivity index (χ0v) is 12.7. The third-order valence-electron chi connectivity index (χ3n) is 2.51. The number of anilines is 1. The summed E-state index contributed by atoms with van der Waals surface area (Å²) in [7, 11) is -0.404. The summed E-state index contributed by atoms with van der Waals surface area (Å²) in [5.74, 6) is 2.31. The summed E-state index contributed by atoms with van der Waals surface area (Å²) in [6.45, 7) is 0. The van der Waals surface area contributed by atoms with Crippen LogP contribution in [0.3, 0.4) is 0 Å². The topological polar surface area (TPSA) is 49.4 Å². The minimum Gasteiger partial charge on any atom is -0.271 e. The van der Waals surface area contributed by atoms with Crippen LogP contribution < -0.4 is 4.72 Å². The van der Waals surface area contributed by atoms with E-state index in [1.165, 1.54) is 24.0 Å². The van der Waals surface area contributed by atoms with Gasteiger partial charge in [-0.1, -0.05) is 12.1 Å². The molecule has 7 heteroatoms. The molecular formula is C11H16N2O2S3. The minimum absolute atomic E-state index is 0.425. The van der Waals surface area contributed by atoms with E-state index in [1.54, 1.807) is 6.07 Å². The number of nitrogens with zero attached hydrogens (tertiary/aromatic N) is 1. The summed E-state index contributed by atoms with van der Waals surface area (Å²) >= 11 is 3.81. The molecule has 0 aromatic heterocycles. The molecule has 4 nitrogen and oxygen atoms in total. The molecule has 1 aliphatic heterocycles. The van der Waals surface area contributed by atoms with Gasteiger partial charge in [0.15, 0.2) is 0 Å². The number of hydrogen-bond donors (Lipinski definition) is 1. The fourth-order valence-electron chi connectivity index (χ4n) is 1.54. The van der Waals surface area contributed by atoms with Crippen LogP contribution in [0.1, 0.15) is 10.1 Å². The maximum absolute atomic E-state index is 11.7. The Morgan fingerprint density at radius 1 is 1.28 bits per heavy atom. The Bertz CT molecular complexity index is 511. The predicted octanol–water partition coefficient (Wildman–Crippen LogP) is 2.38. The second-order valence-electron chi connectivity index (χ2n) is 4.09. The Morgan fingerprint density at radius 2 is 1.94 bits per heavy atom. The first-order valence-electron chi connectivity index (χ1n) is 5.52. The van der Waals surface area contributed by atoms with Gasteiger partial charge in [-0.15, -0.1) is 23.5 Å². The number of thioether (sulfide) groups is 2. The highest BCUT2D eigenvalue weighted by Crippen LogP contribution is 2.45. The van der Waals surface area contributed by atoms with Crippen molar-refractivity contribution in [1.29, 1.82) is 0 Å². The van der Waals surface area contributed by atoms with Crippen molar-refractivity contribution in [3.8, 4) is 0 Å². The van der Waals surface area contributed by atoms with E-state index in [0.29, 0.717) is 10.3 Å². The van der Waals surface area contributed by atoms with E-state index >= 15 is 0 Å². The Hall–Kier alpha value is -0.370. The highest BCUT2D eigenvalue weighted by Gasteiger charge is 2.19. The Morgan fingerprint density at radius 3 is 2.56 bits per heavy atom. The Labute approximate surface area is 117 Å². The molecule has 0 radical (unpaired) electrons. The summed E-state index contributed by atoms with van der Waals surface area (Å²) in [6.07, 6.45) is 0.